The van der Waals surface area contributed by atoms with Crippen molar-refractivity contribution >= 4 is 23.9 Å². The molecule has 0 saturated heterocycles. The Labute approximate surface area is 186 Å². The standard InChI is InChI=1S/C23H26FN5OS/c1-5-29-21(16-10-12-18(13-11-16)23(2,3)4)27-28-22(29)31-15-20(30)26-25-14-17-8-6-7-9-19(17)24/h6-14H,5,15H2,1-4H3,(H,26,30). The number of aromatic nitrogens is 3. The van der Waals surface area contributed by atoms with E-state index in [4.69, 9.17) is 0 Å². The van der Waals surface area contributed by atoms with Crippen molar-refractivity contribution in [1.82, 2.24) is 20.2 Å². The van der Waals surface area contributed by atoms with E-state index in [2.05, 4.69) is 65.8 Å². The van der Waals surface area contributed by atoms with Crippen LogP contribution in [-0.2, 0) is 16.8 Å². The van der Waals surface area contributed by atoms with Crippen molar-refractivity contribution < 1.29 is 9.18 Å². The van der Waals surface area contributed by atoms with Gasteiger partial charge in [-0.25, -0.2) is 9.82 Å². The zero-order valence-electron chi connectivity index (χ0n) is 18.1. The molecule has 1 heterocycles. The van der Waals surface area contributed by atoms with E-state index < -0.39 is 5.82 Å². The number of hydrogen-bond acceptors (Lipinski definition) is 5. The number of hydrogen-bond donors (Lipinski definition) is 1. The smallest absolute Gasteiger partial charge is 0.250 e. The molecule has 0 bridgehead atoms. The van der Waals surface area contributed by atoms with Crippen LogP contribution in [0.4, 0.5) is 4.39 Å². The van der Waals surface area contributed by atoms with Crippen LogP contribution in [0.1, 0.15) is 38.8 Å². The molecule has 0 unspecified atom stereocenters. The lowest BCUT2D eigenvalue weighted by Crippen LogP contribution is -2.20. The van der Waals surface area contributed by atoms with Gasteiger partial charge in [0.2, 0.25) is 0 Å². The van der Waals surface area contributed by atoms with Crippen LogP contribution in [0, 0.1) is 5.82 Å². The highest BCUT2D eigenvalue weighted by Gasteiger charge is 2.17. The number of carbonyl (C=O) groups is 1. The summed E-state index contributed by atoms with van der Waals surface area (Å²) in [5.74, 6) is 0.187. The molecule has 0 radical (unpaired) electrons. The fraction of sp³-hybridized carbons (Fsp3) is 0.304. The lowest BCUT2D eigenvalue weighted by atomic mass is 9.87. The highest BCUT2D eigenvalue weighted by atomic mass is 32.2. The van der Waals surface area contributed by atoms with E-state index in [-0.39, 0.29) is 17.1 Å². The van der Waals surface area contributed by atoms with E-state index in [0.29, 0.717) is 17.3 Å². The number of carbonyl (C=O) groups excluding carboxylic acids is 1. The number of hydrazone groups is 1. The second-order valence-electron chi connectivity index (χ2n) is 7.98. The third-order valence-corrected chi connectivity index (χ3v) is 5.64. The molecule has 1 amide bonds. The molecule has 3 aromatic rings. The predicted octanol–water partition coefficient (Wildman–Crippen LogP) is 4.64. The van der Waals surface area contributed by atoms with Crippen LogP contribution in [0.15, 0.2) is 58.8 Å². The Morgan fingerprint density at radius 2 is 1.87 bits per heavy atom. The van der Waals surface area contributed by atoms with Gasteiger partial charge in [-0.05, 0) is 24.0 Å². The van der Waals surface area contributed by atoms with Crippen LogP contribution in [0.3, 0.4) is 0 Å². The minimum Gasteiger partial charge on any atom is -0.302 e. The van der Waals surface area contributed by atoms with Gasteiger partial charge in [-0.2, -0.15) is 5.10 Å². The van der Waals surface area contributed by atoms with E-state index in [9.17, 15) is 9.18 Å². The van der Waals surface area contributed by atoms with E-state index in [1.54, 1.807) is 18.2 Å². The average molecular weight is 440 g/mol. The maximum atomic E-state index is 13.6. The van der Waals surface area contributed by atoms with Crippen molar-refractivity contribution in [2.75, 3.05) is 5.75 Å². The van der Waals surface area contributed by atoms with E-state index >= 15 is 0 Å². The van der Waals surface area contributed by atoms with Gasteiger partial charge in [-0.3, -0.25) is 4.79 Å². The zero-order chi connectivity index (χ0) is 22.4. The number of benzene rings is 2. The molecule has 2 aromatic carbocycles. The molecule has 3 rings (SSSR count). The molecular formula is C23H26FN5OS. The summed E-state index contributed by atoms with van der Waals surface area (Å²) in [4.78, 5) is 12.1. The lowest BCUT2D eigenvalue weighted by Gasteiger charge is -2.19. The number of rotatable bonds is 7. The molecule has 8 heteroatoms. The second kappa shape index (κ2) is 9.87. The Hall–Kier alpha value is -3.00. The van der Waals surface area contributed by atoms with Crippen LogP contribution in [0.25, 0.3) is 11.4 Å². The van der Waals surface area contributed by atoms with Crippen LogP contribution in [-0.4, -0.2) is 32.6 Å². The molecule has 0 saturated carbocycles. The molecule has 0 aliphatic rings. The first kappa shape index (κ1) is 22.7. The first-order chi connectivity index (χ1) is 14.8. The number of nitrogens with one attached hydrogen (secondary N) is 1. The van der Waals surface area contributed by atoms with Crippen molar-refractivity contribution in [2.24, 2.45) is 5.10 Å². The largest absolute Gasteiger partial charge is 0.302 e. The SMILES string of the molecule is CCn1c(SCC(=O)NN=Cc2ccccc2F)nnc1-c1ccc(C(C)(C)C)cc1. The van der Waals surface area contributed by atoms with Gasteiger partial charge in [-0.1, -0.05) is 75.0 Å². The van der Waals surface area contributed by atoms with Gasteiger partial charge in [0.05, 0.1) is 12.0 Å². The van der Waals surface area contributed by atoms with Crippen LogP contribution >= 0.6 is 11.8 Å². The molecule has 162 valence electrons. The van der Waals surface area contributed by atoms with Gasteiger partial charge in [0, 0.05) is 17.7 Å². The fourth-order valence-corrected chi connectivity index (χ4v) is 3.72. The minimum absolute atomic E-state index is 0.0834. The molecule has 1 N–H and O–H groups in total. The highest BCUT2D eigenvalue weighted by Crippen LogP contribution is 2.27. The third-order valence-electron chi connectivity index (χ3n) is 4.67. The van der Waals surface area contributed by atoms with Crippen molar-refractivity contribution in [3.63, 3.8) is 0 Å². The van der Waals surface area contributed by atoms with Crippen LogP contribution < -0.4 is 5.43 Å². The molecular weight excluding hydrogens is 413 g/mol. The summed E-state index contributed by atoms with van der Waals surface area (Å²) in [5.41, 5.74) is 5.03. The van der Waals surface area contributed by atoms with E-state index in [1.165, 1.54) is 29.6 Å². The summed E-state index contributed by atoms with van der Waals surface area (Å²) >= 11 is 1.28. The first-order valence-electron chi connectivity index (χ1n) is 10.0. The Balaban J connectivity index is 1.63. The minimum atomic E-state index is -0.394. The van der Waals surface area contributed by atoms with Crippen molar-refractivity contribution in [3.05, 3.63) is 65.5 Å². The molecule has 0 aliphatic heterocycles. The molecule has 0 aliphatic carbocycles. The monoisotopic (exact) mass is 439 g/mol. The van der Waals surface area contributed by atoms with Gasteiger partial charge < -0.3 is 4.57 Å². The van der Waals surface area contributed by atoms with Crippen molar-refractivity contribution in [2.45, 2.75) is 44.8 Å². The quantitative estimate of drug-likeness (QED) is 0.331. The van der Waals surface area contributed by atoms with Crippen LogP contribution in [0.2, 0.25) is 0 Å². The molecule has 1 aromatic heterocycles. The van der Waals surface area contributed by atoms with Crippen LogP contribution in [0.5, 0.6) is 0 Å². The number of nitrogens with zero attached hydrogens (tertiary/aromatic N) is 4. The zero-order valence-corrected chi connectivity index (χ0v) is 18.9. The molecule has 0 spiro atoms. The van der Waals surface area contributed by atoms with Crippen molar-refractivity contribution in [3.8, 4) is 11.4 Å². The summed E-state index contributed by atoms with van der Waals surface area (Å²) in [6.07, 6.45) is 1.28. The Kier molecular flexibility index (Phi) is 7.22. The number of halogens is 1. The summed E-state index contributed by atoms with van der Waals surface area (Å²) < 4.78 is 15.5. The molecule has 0 atom stereocenters. The van der Waals surface area contributed by atoms with Gasteiger partial charge >= 0.3 is 0 Å². The Morgan fingerprint density at radius 1 is 1.16 bits per heavy atom. The normalized spacial score (nSPS) is 11.8. The Bertz CT molecular complexity index is 1070. The van der Waals surface area contributed by atoms with Gasteiger partial charge in [0.25, 0.3) is 5.91 Å². The lowest BCUT2D eigenvalue weighted by molar-refractivity contribution is -0.118. The molecule has 0 fully saturated rings. The third kappa shape index (κ3) is 5.79. The molecule has 31 heavy (non-hydrogen) atoms. The number of thioether (sulfide) groups is 1. The van der Waals surface area contributed by atoms with Crippen molar-refractivity contribution in [1.29, 1.82) is 0 Å². The van der Waals surface area contributed by atoms with Gasteiger partial charge in [0.1, 0.15) is 5.82 Å². The maximum absolute atomic E-state index is 13.6. The Morgan fingerprint density at radius 3 is 2.52 bits per heavy atom. The summed E-state index contributed by atoms with van der Waals surface area (Å²) in [6, 6.07) is 14.5. The summed E-state index contributed by atoms with van der Waals surface area (Å²) in [7, 11) is 0. The van der Waals surface area contributed by atoms with E-state index in [1.807, 2.05) is 11.5 Å². The summed E-state index contributed by atoms with van der Waals surface area (Å²) in [5, 5.41) is 13.1. The fourth-order valence-electron chi connectivity index (χ4n) is 2.93. The van der Waals surface area contributed by atoms with Gasteiger partial charge in [-0.15, -0.1) is 10.2 Å². The first-order valence-corrected chi connectivity index (χ1v) is 11.0. The van der Waals surface area contributed by atoms with Gasteiger partial charge in [0.15, 0.2) is 11.0 Å². The topological polar surface area (TPSA) is 72.2 Å². The second-order valence-corrected chi connectivity index (χ2v) is 8.92. The maximum Gasteiger partial charge on any atom is 0.250 e. The predicted molar refractivity (Wildman–Crippen MR) is 123 cm³/mol. The highest BCUT2D eigenvalue weighted by molar-refractivity contribution is 7.99. The summed E-state index contributed by atoms with van der Waals surface area (Å²) in [6.45, 7) is 9.22. The molecule has 6 nitrogen and oxygen atoms in total. The van der Waals surface area contributed by atoms with E-state index in [0.717, 1.165) is 11.4 Å². The number of amides is 1. The average Bonchev–Trinajstić information content (AvgIpc) is 3.16.